The zero-order valence-corrected chi connectivity index (χ0v) is 12.7. The average molecular weight is 310 g/mol. The molecule has 0 unspecified atom stereocenters. The minimum Gasteiger partial charge on any atom is -0.361 e. The molecule has 0 radical (unpaired) electrons. The van der Waals surface area contributed by atoms with Gasteiger partial charge in [-0.2, -0.15) is 0 Å². The van der Waals surface area contributed by atoms with Crippen LogP contribution in [0.15, 0.2) is 24.4 Å². The highest BCUT2D eigenvalue weighted by molar-refractivity contribution is 8.20. The number of hydrogen-bond donors (Lipinski definition) is 2. The fourth-order valence-corrected chi connectivity index (χ4v) is 5.63. The molecule has 1 aliphatic heterocycles. The minimum atomic E-state index is -0.299. The first-order chi connectivity index (χ1) is 9.62. The molecule has 0 aliphatic carbocycles. The number of nitrogens with one attached hydrogen (secondary N) is 2. The standard InChI is InChI=1S/C14H15FN2OS2/c1-9(18)17-8-14(19-5-6-20-14)10-7-16-12-4-2-3-11(15)13(10)12/h2-4,7,16H,5-6,8H2,1H3,(H,17,18). The minimum absolute atomic E-state index is 0.0576. The van der Waals surface area contributed by atoms with Crippen LogP contribution in [0.1, 0.15) is 12.5 Å². The Balaban J connectivity index is 2.08. The first-order valence-electron chi connectivity index (χ1n) is 6.41. The van der Waals surface area contributed by atoms with Gasteiger partial charge < -0.3 is 10.3 Å². The van der Waals surface area contributed by atoms with Crippen molar-refractivity contribution in [2.75, 3.05) is 18.1 Å². The Hall–Kier alpha value is -1.14. The largest absolute Gasteiger partial charge is 0.361 e. The van der Waals surface area contributed by atoms with E-state index in [1.165, 1.54) is 13.0 Å². The normalized spacial score (nSPS) is 17.5. The summed E-state index contributed by atoms with van der Waals surface area (Å²) in [5.41, 5.74) is 1.74. The van der Waals surface area contributed by atoms with Crippen LogP contribution in [0.3, 0.4) is 0 Å². The molecular weight excluding hydrogens is 295 g/mol. The predicted octanol–water partition coefficient (Wildman–Crippen LogP) is 3.08. The molecular formula is C14H15FN2OS2. The van der Waals surface area contributed by atoms with E-state index in [-0.39, 0.29) is 15.8 Å². The quantitative estimate of drug-likeness (QED) is 0.916. The fourth-order valence-electron chi connectivity index (χ4n) is 2.49. The molecule has 6 heteroatoms. The van der Waals surface area contributed by atoms with Crippen LogP contribution < -0.4 is 5.32 Å². The molecule has 1 aliphatic rings. The summed E-state index contributed by atoms with van der Waals surface area (Å²) in [5.74, 6) is 1.74. The Kier molecular flexibility index (Phi) is 3.69. The lowest BCUT2D eigenvalue weighted by atomic mass is 10.1. The summed E-state index contributed by atoms with van der Waals surface area (Å²) in [6.45, 7) is 2.02. The number of fused-ring (bicyclic) bond motifs is 1. The van der Waals surface area contributed by atoms with Crippen LogP contribution in [0.25, 0.3) is 10.9 Å². The number of halogens is 1. The molecule has 2 N–H and O–H groups in total. The van der Waals surface area contributed by atoms with Gasteiger partial charge in [-0.1, -0.05) is 6.07 Å². The molecule has 0 saturated carbocycles. The lowest BCUT2D eigenvalue weighted by Crippen LogP contribution is -2.34. The highest BCUT2D eigenvalue weighted by Gasteiger charge is 2.40. The Bertz CT molecular complexity index is 650. The maximum atomic E-state index is 14.2. The van der Waals surface area contributed by atoms with Gasteiger partial charge in [0.25, 0.3) is 0 Å². The van der Waals surface area contributed by atoms with Crippen LogP contribution in [-0.4, -0.2) is 28.9 Å². The molecule has 2 aromatic rings. The molecule has 3 nitrogen and oxygen atoms in total. The summed E-state index contributed by atoms with van der Waals surface area (Å²) in [5, 5.41) is 3.52. The second-order valence-corrected chi connectivity index (χ2v) is 7.77. The lowest BCUT2D eigenvalue weighted by molar-refractivity contribution is -0.118. The van der Waals surface area contributed by atoms with E-state index in [4.69, 9.17) is 0 Å². The van der Waals surface area contributed by atoms with Crippen molar-refractivity contribution in [2.24, 2.45) is 0 Å². The van der Waals surface area contributed by atoms with Gasteiger partial charge in [0, 0.05) is 47.6 Å². The first-order valence-corrected chi connectivity index (χ1v) is 8.38. The van der Waals surface area contributed by atoms with E-state index in [1.54, 1.807) is 29.6 Å². The third kappa shape index (κ3) is 2.31. The Morgan fingerprint density at radius 1 is 1.45 bits per heavy atom. The van der Waals surface area contributed by atoms with Gasteiger partial charge in [0.1, 0.15) is 9.90 Å². The first kappa shape index (κ1) is 13.8. The molecule has 0 spiro atoms. The van der Waals surface area contributed by atoms with E-state index < -0.39 is 0 Å². The van der Waals surface area contributed by atoms with Gasteiger partial charge in [-0.25, -0.2) is 4.39 Å². The van der Waals surface area contributed by atoms with Crippen LogP contribution in [0, 0.1) is 5.82 Å². The number of carbonyl (C=O) groups excluding carboxylic acids is 1. The van der Waals surface area contributed by atoms with Crippen LogP contribution in [0.2, 0.25) is 0 Å². The van der Waals surface area contributed by atoms with Gasteiger partial charge in [-0.3, -0.25) is 4.79 Å². The van der Waals surface area contributed by atoms with Crippen molar-refractivity contribution in [2.45, 2.75) is 11.0 Å². The maximum absolute atomic E-state index is 14.2. The van der Waals surface area contributed by atoms with Gasteiger partial charge in [-0.05, 0) is 12.1 Å². The Morgan fingerprint density at radius 2 is 2.20 bits per heavy atom. The highest BCUT2D eigenvalue weighted by Crippen LogP contribution is 2.53. The van der Waals surface area contributed by atoms with E-state index in [0.717, 1.165) is 22.6 Å². The lowest BCUT2D eigenvalue weighted by Gasteiger charge is -2.27. The summed E-state index contributed by atoms with van der Waals surface area (Å²) < 4.78 is 13.9. The topological polar surface area (TPSA) is 44.9 Å². The number of aromatic nitrogens is 1. The summed E-state index contributed by atoms with van der Waals surface area (Å²) in [6.07, 6.45) is 1.88. The summed E-state index contributed by atoms with van der Waals surface area (Å²) >= 11 is 3.55. The molecule has 1 fully saturated rings. The van der Waals surface area contributed by atoms with Gasteiger partial charge in [-0.15, -0.1) is 23.5 Å². The molecule has 1 aromatic carbocycles. The molecule has 1 saturated heterocycles. The second-order valence-electron chi connectivity index (χ2n) is 4.72. The molecule has 0 bridgehead atoms. The van der Waals surface area contributed by atoms with Crippen molar-refractivity contribution in [1.82, 2.24) is 10.3 Å². The number of carbonyl (C=O) groups is 1. The van der Waals surface area contributed by atoms with E-state index >= 15 is 0 Å². The number of aromatic amines is 1. The third-order valence-corrected chi connectivity index (χ3v) is 6.83. The van der Waals surface area contributed by atoms with Gasteiger partial charge in [0.15, 0.2) is 0 Å². The number of hydrogen-bond acceptors (Lipinski definition) is 3. The number of benzene rings is 1. The fraction of sp³-hybridized carbons (Fsp3) is 0.357. The average Bonchev–Trinajstić information content (AvgIpc) is 3.04. The molecule has 1 amide bonds. The predicted molar refractivity (Wildman–Crippen MR) is 83.5 cm³/mol. The smallest absolute Gasteiger partial charge is 0.216 e. The SMILES string of the molecule is CC(=O)NCC1(c2c[nH]c3cccc(F)c23)SCCS1. The van der Waals surface area contributed by atoms with Crippen molar-refractivity contribution in [1.29, 1.82) is 0 Å². The molecule has 106 valence electrons. The number of rotatable bonds is 3. The summed E-state index contributed by atoms with van der Waals surface area (Å²) in [6, 6.07) is 5.06. The molecule has 20 heavy (non-hydrogen) atoms. The van der Waals surface area contributed by atoms with Crippen molar-refractivity contribution >= 4 is 40.3 Å². The third-order valence-electron chi connectivity index (χ3n) is 3.39. The Labute approximate surface area is 125 Å². The van der Waals surface area contributed by atoms with E-state index in [1.807, 2.05) is 12.3 Å². The van der Waals surface area contributed by atoms with Crippen LogP contribution >= 0.6 is 23.5 Å². The van der Waals surface area contributed by atoms with Crippen molar-refractivity contribution in [3.8, 4) is 0 Å². The maximum Gasteiger partial charge on any atom is 0.216 e. The molecule has 2 heterocycles. The van der Waals surface area contributed by atoms with Crippen molar-refractivity contribution in [3.05, 3.63) is 35.8 Å². The second kappa shape index (κ2) is 5.33. The van der Waals surface area contributed by atoms with Crippen LogP contribution in [-0.2, 0) is 8.87 Å². The molecule has 3 rings (SSSR count). The summed E-state index contributed by atoms with van der Waals surface area (Å²) in [7, 11) is 0. The molecule has 0 atom stereocenters. The number of H-pyrrole nitrogens is 1. The number of thioether (sulfide) groups is 2. The van der Waals surface area contributed by atoms with E-state index in [9.17, 15) is 9.18 Å². The highest BCUT2D eigenvalue weighted by atomic mass is 32.2. The van der Waals surface area contributed by atoms with Crippen molar-refractivity contribution in [3.63, 3.8) is 0 Å². The van der Waals surface area contributed by atoms with Crippen LogP contribution in [0.4, 0.5) is 4.39 Å². The zero-order chi connectivity index (χ0) is 14.2. The van der Waals surface area contributed by atoms with E-state index in [2.05, 4.69) is 10.3 Å². The monoisotopic (exact) mass is 310 g/mol. The zero-order valence-electron chi connectivity index (χ0n) is 11.0. The Morgan fingerprint density at radius 3 is 2.90 bits per heavy atom. The summed E-state index contributed by atoms with van der Waals surface area (Å²) in [4.78, 5) is 14.4. The number of amides is 1. The van der Waals surface area contributed by atoms with Crippen LogP contribution in [0.5, 0.6) is 0 Å². The molecule has 1 aromatic heterocycles. The van der Waals surface area contributed by atoms with E-state index in [0.29, 0.717) is 11.9 Å². The van der Waals surface area contributed by atoms with Gasteiger partial charge in [0.05, 0.1) is 0 Å². The van der Waals surface area contributed by atoms with Gasteiger partial charge in [0.2, 0.25) is 5.91 Å². The van der Waals surface area contributed by atoms with Gasteiger partial charge >= 0.3 is 0 Å². The van der Waals surface area contributed by atoms with Crippen molar-refractivity contribution < 1.29 is 9.18 Å².